The summed E-state index contributed by atoms with van der Waals surface area (Å²) in [6.07, 6.45) is 1.54. The maximum absolute atomic E-state index is 13.3. The first-order valence-electron chi connectivity index (χ1n) is 9.02. The van der Waals surface area contributed by atoms with Gasteiger partial charge in [0.15, 0.2) is 17.5 Å². The van der Waals surface area contributed by atoms with Crippen molar-refractivity contribution in [1.82, 2.24) is 4.72 Å². The summed E-state index contributed by atoms with van der Waals surface area (Å²) in [5.41, 5.74) is -0.622. The average Bonchev–Trinajstić information content (AvgIpc) is 2.65. The Morgan fingerprint density at radius 2 is 1.77 bits per heavy atom. The van der Waals surface area contributed by atoms with Crippen molar-refractivity contribution in [2.24, 2.45) is 0 Å². The number of carbonyl (C=O) groups excluding carboxylic acids is 1. The number of benzene rings is 2. The van der Waals surface area contributed by atoms with E-state index in [1.165, 1.54) is 12.1 Å². The molecular formula is C19H18ClF3N2O4S. The summed E-state index contributed by atoms with van der Waals surface area (Å²) in [6, 6.07) is 4.15. The molecule has 0 heterocycles. The number of sulfonamides is 1. The largest absolute Gasteiger partial charge is 0.393 e. The molecular weight excluding hydrogens is 445 g/mol. The van der Waals surface area contributed by atoms with E-state index in [0.29, 0.717) is 31.4 Å². The van der Waals surface area contributed by atoms with Crippen LogP contribution in [0.3, 0.4) is 0 Å². The van der Waals surface area contributed by atoms with E-state index in [0.717, 1.165) is 6.07 Å². The van der Waals surface area contributed by atoms with Crippen molar-refractivity contribution in [2.75, 3.05) is 5.32 Å². The second-order valence-corrected chi connectivity index (χ2v) is 9.11. The van der Waals surface area contributed by atoms with E-state index in [1.807, 2.05) is 0 Å². The molecule has 30 heavy (non-hydrogen) atoms. The summed E-state index contributed by atoms with van der Waals surface area (Å²) in [7, 11) is -4.02. The number of aliphatic hydroxyl groups is 1. The monoisotopic (exact) mass is 462 g/mol. The molecule has 11 heteroatoms. The highest BCUT2D eigenvalue weighted by Crippen LogP contribution is 2.25. The van der Waals surface area contributed by atoms with Gasteiger partial charge in [-0.2, -0.15) is 0 Å². The van der Waals surface area contributed by atoms with Crippen LogP contribution in [0, 0.1) is 17.5 Å². The normalized spacial score (nSPS) is 19.5. The van der Waals surface area contributed by atoms with Gasteiger partial charge in [-0.25, -0.2) is 26.3 Å². The fraction of sp³-hybridized carbons (Fsp3) is 0.316. The zero-order valence-corrected chi connectivity index (χ0v) is 17.0. The van der Waals surface area contributed by atoms with Gasteiger partial charge in [-0.1, -0.05) is 11.6 Å². The highest BCUT2D eigenvalue weighted by molar-refractivity contribution is 7.89. The first-order chi connectivity index (χ1) is 14.1. The second kappa shape index (κ2) is 8.93. The lowest BCUT2D eigenvalue weighted by Crippen LogP contribution is -2.39. The van der Waals surface area contributed by atoms with Crippen molar-refractivity contribution in [3.63, 3.8) is 0 Å². The molecule has 3 rings (SSSR count). The molecule has 162 valence electrons. The molecule has 1 fully saturated rings. The van der Waals surface area contributed by atoms with Crippen LogP contribution in [0.5, 0.6) is 0 Å². The van der Waals surface area contributed by atoms with Gasteiger partial charge in [0.25, 0.3) is 5.91 Å². The van der Waals surface area contributed by atoms with E-state index in [4.69, 9.17) is 11.6 Å². The van der Waals surface area contributed by atoms with Crippen LogP contribution < -0.4 is 10.0 Å². The molecule has 2 unspecified atom stereocenters. The SMILES string of the molecule is O=C(Nc1cc(F)c(F)c(F)c1)c1cc(S(=O)(=O)NC2CCCC(O)C2)ccc1Cl. The van der Waals surface area contributed by atoms with E-state index >= 15 is 0 Å². The number of nitrogens with one attached hydrogen (secondary N) is 2. The van der Waals surface area contributed by atoms with Crippen LogP contribution in [-0.4, -0.2) is 31.6 Å². The molecule has 1 saturated carbocycles. The zero-order chi connectivity index (χ0) is 22.1. The summed E-state index contributed by atoms with van der Waals surface area (Å²) in [6.45, 7) is 0. The molecule has 3 N–H and O–H groups in total. The molecule has 0 saturated heterocycles. The minimum atomic E-state index is -4.02. The predicted octanol–water partition coefficient (Wildman–Crippen LogP) is 3.59. The maximum Gasteiger partial charge on any atom is 0.257 e. The van der Waals surface area contributed by atoms with Gasteiger partial charge < -0.3 is 10.4 Å². The molecule has 1 amide bonds. The predicted molar refractivity (Wildman–Crippen MR) is 104 cm³/mol. The summed E-state index contributed by atoms with van der Waals surface area (Å²) in [5, 5.41) is 11.8. The van der Waals surface area contributed by atoms with Gasteiger partial charge >= 0.3 is 0 Å². The highest BCUT2D eigenvalue weighted by atomic mass is 35.5. The Morgan fingerprint density at radius 1 is 1.10 bits per heavy atom. The fourth-order valence-electron chi connectivity index (χ4n) is 3.23. The average molecular weight is 463 g/mol. The number of aliphatic hydroxyl groups excluding tert-OH is 1. The van der Waals surface area contributed by atoms with Gasteiger partial charge in [-0.05, 0) is 43.9 Å². The second-order valence-electron chi connectivity index (χ2n) is 6.99. The number of anilines is 1. The lowest BCUT2D eigenvalue weighted by Gasteiger charge is -2.26. The zero-order valence-electron chi connectivity index (χ0n) is 15.5. The summed E-state index contributed by atoms with van der Waals surface area (Å²) in [5.74, 6) is -5.60. The molecule has 0 radical (unpaired) electrons. The van der Waals surface area contributed by atoms with Crippen LogP contribution in [0.15, 0.2) is 35.2 Å². The van der Waals surface area contributed by atoms with Crippen LogP contribution in [-0.2, 0) is 10.0 Å². The molecule has 0 aromatic heterocycles. The van der Waals surface area contributed by atoms with Crippen molar-refractivity contribution in [1.29, 1.82) is 0 Å². The van der Waals surface area contributed by atoms with Gasteiger partial charge in [-0.15, -0.1) is 0 Å². The lowest BCUT2D eigenvalue weighted by atomic mass is 9.94. The Bertz CT molecular complexity index is 1060. The third kappa shape index (κ3) is 5.12. The minimum Gasteiger partial charge on any atom is -0.393 e. The maximum atomic E-state index is 13.3. The first kappa shape index (κ1) is 22.5. The molecule has 2 aromatic carbocycles. The van der Waals surface area contributed by atoms with Crippen molar-refractivity contribution >= 4 is 33.2 Å². The van der Waals surface area contributed by atoms with Crippen molar-refractivity contribution < 1.29 is 31.5 Å². The first-order valence-corrected chi connectivity index (χ1v) is 10.9. The van der Waals surface area contributed by atoms with E-state index in [9.17, 15) is 31.5 Å². The van der Waals surface area contributed by atoms with E-state index in [-0.39, 0.29) is 27.6 Å². The lowest BCUT2D eigenvalue weighted by molar-refractivity contribution is 0.102. The van der Waals surface area contributed by atoms with E-state index < -0.39 is 45.5 Å². The standard InChI is InChI=1S/C19H18ClF3N2O4S/c20-15-5-4-13(30(28,29)25-10-2-1-3-12(26)6-10)9-14(15)19(27)24-11-7-16(21)18(23)17(22)8-11/h4-5,7-10,12,25-26H,1-3,6H2,(H,24,27). The molecule has 2 aromatic rings. The number of halogens is 4. The van der Waals surface area contributed by atoms with Crippen LogP contribution in [0.1, 0.15) is 36.0 Å². The Balaban J connectivity index is 1.83. The number of carbonyl (C=O) groups is 1. The highest BCUT2D eigenvalue weighted by Gasteiger charge is 2.26. The van der Waals surface area contributed by atoms with Gasteiger partial charge in [0, 0.05) is 23.9 Å². The van der Waals surface area contributed by atoms with Crippen molar-refractivity contribution in [3.05, 3.63) is 58.4 Å². The molecule has 0 spiro atoms. The number of rotatable bonds is 5. The molecule has 0 aliphatic heterocycles. The van der Waals surface area contributed by atoms with Crippen LogP contribution in [0.2, 0.25) is 5.02 Å². The number of amides is 1. The Hall–Kier alpha value is -2.14. The fourth-order valence-corrected chi connectivity index (χ4v) is 4.74. The van der Waals surface area contributed by atoms with E-state index in [2.05, 4.69) is 10.0 Å². The quantitative estimate of drug-likeness (QED) is 0.592. The summed E-state index contributed by atoms with van der Waals surface area (Å²) < 4.78 is 67.6. The molecule has 6 nitrogen and oxygen atoms in total. The van der Waals surface area contributed by atoms with Crippen molar-refractivity contribution in [2.45, 2.75) is 42.7 Å². The van der Waals surface area contributed by atoms with Gasteiger partial charge in [0.05, 0.1) is 21.6 Å². The summed E-state index contributed by atoms with van der Waals surface area (Å²) >= 11 is 5.99. The minimum absolute atomic E-state index is 0.0948. The molecule has 1 aliphatic rings. The Morgan fingerprint density at radius 3 is 2.40 bits per heavy atom. The number of hydrogen-bond donors (Lipinski definition) is 3. The molecule has 2 atom stereocenters. The smallest absolute Gasteiger partial charge is 0.257 e. The van der Waals surface area contributed by atoms with Crippen LogP contribution >= 0.6 is 11.6 Å². The Labute approximate surface area is 176 Å². The molecule has 1 aliphatic carbocycles. The van der Waals surface area contributed by atoms with Gasteiger partial charge in [0.2, 0.25) is 10.0 Å². The summed E-state index contributed by atoms with van der Waals surface area (Å²) in [4.78, 5) is 12.2. The van der Waals surface area contributed by atoms with Crippen LogP contribution in [0.4, 0.5) is 18.9 Å². The third-order valence-electron chi connectivity index (χ3n) is 4.70. The third-order valence-corrected chi connectivity index (χ3v) is 6.55. The molecule has 0 bridgehead atoms. The topological polar surface area (TPSA) is 95.5 Å². The number of hydrogen-bond acceptors (Lipinski definition) is 4. The van der Waals surface area contributed by atoms with Crippen molar-refractivity contribution in [3.8, 4) is 0 Å². The van der Waals surface area contributed by atoms with Crippen LogP contribution in [0.25, 0.3) is 0 Å². The van der Waals surface area contributed by atoms with Gasteiger partial charge in [-0.3, -0.25) is 4.79 Å². The van der Waals surface area contributed by atoms with E-state index in [1.54, 1.807) is 0 Å². The Kier molecular flexibility index (Phi) is 6.71. The van der Waals surface area contributed by atoms with Gasteiger partial charge in [0.1, 0.15) is 0 Å².